The summed E-state index contributed by atoms with van der Waals surface area (Å²) in [6.07, 6.45) is 6.66. The number of rotatable bonds is 4. The van der Waals surface area contributed by atoms with Crippen LogP contribution in [0.25, 0.3) is 0 Å². The van der Waals surface area contributed by atoms with E-state index in [1.54, 1.807) is 0 Å². The Kier molecular flexibility index (Phi) is 4.34. The van der Waals surface area contributed by atoms with E-state index in [2.05, 4.69) is 10.6 Å². The average molecular weight is 410 g/mol. The minimum absolute atomic E-state index is 0.129. The number of carbonyl (C=O) groups is 4. The molecule has 2 spiro atoms. The molecule has 2 N–H and O–H groups in total. The molecule has 30 heavy (non-hydrogen) atoms. The lowest BCUT2D eigenvalue weighted by atomic mass is 9.98. The Balaban J connectivity index is 1.25. The molecule has 0 unspecified atom stereocenters. The van der Waals surface area contributed by atoms with Gasteiger partial charge in [0.1, 0.15) is 11.1 Å². The van der Waals surface area contributed by atoms with Crippen LogP contribution in [0.4, 0.5) is 9.59 Å². The molecule has 0 radical (unpaired) electrons. The van der Waals surface area contributed by atoms with Crippen molar-refractivity contribution < 1.29 is 19.2 Å². The van der Waals surface area contributed by atoms with Gasteiger partial charge in [-0.05, 0) is 36.8 Å². The molecule has 8 nitrogen and oxygen atoms in total. The third kappa shape index (κ3) is 2.88. The maximum absolute atomic E-state index is 12.8. The fourth-order valence-corrected chi connectivity index (χ4v) is 5.39. The van der Waals surface area contributed by atoms with Crippen molar-refractivity contribution in [1.29, 1.82) is 0 Å². The fourth-order valence-electron chi connectivity index (χ4n) is 5.39. The highest BCUT2D eigenvalue weighted by molar-refractivity contribution is 6.07. The van der Waals surface area contributed by atoms with E-state index in [9.17, 15) is 19.2 Å². The molecule has 2 aliphatic carbocycles. The second kappa shape index (κ2) is 6.82. The summed E-state index contributed by atoms with van der Waals surface area (Å²) in [7, 11) is 0. The first-order chi connectivity index (χ1) is 14.4. The number of carbonyl (C=O) groups excluding carboxylic acids is 4. The maximum Gasteiger partial charge on any atom is 0.325 e. The molecule has 4 fully saturated rings. The van der Waals surface area contributed by atoms with Gasteiger partial charge in [0.25, 0.3) is 11.8 Å². The summed E-state index contributed by atoms with van der Waals surface area (Å²) >= 11 is 0. The Labute approximate surface area is 175 Å². The molecule has 5 rings (SSSR count). The van der Waals surface area contributed by atoms with Gasteiger partial charge in [-0.1, -0.05) is 49.9 Å². The first-order valence-corrected chi connectivity index (χ1v) is 10.8. The van der Waals surface area contributed by atoms with Crippen molar-refractivity contribution in [2.75, 3.05) is 0 Å². The number of benzene rings is 1. The first-order valence-electron chi connectivity index (χ1n) is 10.8. The lowest BCUT2D eigenvalue weighted by molar-refractivity contribution is -0.132. The standard InChI is InChI=1S/C22H26N4O4/c27-17-21(9-1-2-10-21)23-19(29)25(17)13-15-5-7-16(8-6-15)14-26-18(28)22(24-20(26)30)11-3-4-12-22/h5-8H,1-4,9-14H2,(H,23,29)(H,24,30). The van der Waals surface area contributed by atoms with E-state index in [-0.39, 0.29) is 37.0 Å². The number of urea groups is 2. The van der Waals surface area contributed by atoms with Crippen LogP contribution in [0.1, 0.15) is 62.5 Å². The first kappa shape index (κ1) is 19.1. The molecule has 2 aliphatic heterocycles. The molecule has 2 heterocycles. The molecule has 1 aromatic carbocycles. The van der Waals surface area contributed by atoms with Crippen LogP contribution >= 0.6 is 0 Å². The van der Waals surface area contributed by atoms with Crippen molar-refractivity contribution >= 4 is 23.9 Å². The van der Waals surface area contributed by atoms with Crippen molar-refractivity contribution in [1.82, 2.24) is 20.4 Å². The third-order valence-corrected chi connectivity index (χ3v) is 7.11. The minimum atomic E-state index is -0.698. The van der Waals surface area contributed by atoms with Crippen LogP contribution in [0.3, 0.4) is 0 Å². The van der Waals surface area contributed by atoms with Crippen LogP contribution in [0.15, 0.2) is 24.3 Å². The number of nitrogens with one attached hydrogen (secondary N) is 2. The molecule has 158 valence electrons. The van der Waals surface area contributed by atoms with Gasteiger partial charge in [-0.15, -0.1) is 0 Å². The Morgan fingerprint density at radius 2 is 0.967 bits per heavy atom. The zero-order valence-electron chi connectivity index (χ0n) is 16.9. The van der Waals surface area contributed by atoms with Crippen molar-refractivity contribution in [3.8, 4) is 0 Å². The van der Waals surface area contributed by atoms with Crippen molar-refractivity contribution in [2.45, 2.75) is 75.5 Å². The van der Waals surface area contributed by atoms with Crippen molar-refractivity contribution in [3.63, 3.8) is 0 Å². The van der Waals surface area contributed by atoms with Gasteiger partial charge in [-0.2, -0.15) is 0 Å². The van der Waals surface area contributed by atoms with Crippen LogP contribution in [-0.2, 0) is 22.7 Å². The lowest BCUT2D eigenvalue weighted by Crippen LogP contribution is -2.44. The van der Waals surface area contributed by atoms with Crippen LogP contribution < -0.4 is 10.6 Å². The van der Waals surface area contributed by atoms with Gasteiger partial charge in [0.15, 0.2) is 0 Å². The number of nitrogens with zero attached hydrogens (tertiary/aromatic N) is 2. The second-order valence-corrected chi connectivity index (χ2v) is 9.04. The number of imide groups is 2. The predicted octanol–water partition coefficient (Wildman–Crippen LogP) is 2.42. The highest BCUT2D eigenvalue weighted by Gasteiger charge is 2.53. The number of hydrogen-bond acceptors (Lipinski definition) is 4. The van der Waals surface area contributed by atoms with E-state index in [0.29, 0.717) is 25.7 Å². The molecule has 2 saturated carbocycles. The SMILES string of the molecule is O=C1NC2(CCCC2)C(=O)N1Cc1ccc(CN2C(=O)NC3(CCCC3)C2=O)cc1. The Morgan fingerprint density at radius 3 is 1.30 bits per heavy atom. The van der Waals surface area contributed by atoms with E-state index < -0.39 is 11.1 Å². The van der Waals surface area contributed by atoms with E-state index in [1.165, 1.54) is 9.80 Å². The van der Waals surface area contributed by atoms with Gasteiger partial charge in [-0.25, -0.2) is 9.59 Å². The van der Waals surface area contributed by atoms with E-state index >= 15 is 0 Å². The zero-order chi connectivity index (χ0) is 20.9. The molecule has 0 atom stereocenters. The maximum atomic E-state index is 12.8. The van der Waals surface area contributed by atoms with Crippen molar-refractivity contribution in [3.05, 3.63) is 35.4 Å². The lowest BCUT2D eigenvalue weighted by Gasteiger charge is -2.20. The van der Waals surface area contributed by atoms with Crippen molar-refractivity contribution in [2.24, 2.45) is 0 Å². The summed E-state index contributed by atoms with van der Waals surface area (Å²) in [4.78, 5) is 52.9. The summed E-state index contributed by atoms with van der Waals surface area (Å²) in [6, 6.07) is 6.73. The average Bonchev–Trinajstić information content (AvgIpc) is 3.48. The van der Waals surface area contributed by atoms with E-state index in [0.717, 1.165) is 36.8 Å². The Bertz CT molecular complexity index is 839. The minimum Gasteiger partial charge on any atom is -0.323 e. The smallest absolute Gasteiger partial charge is 0.323 e. The summed E-state index contributed by atoms with van der Waals surface area (Å²) in [6.45, 7) is 0.442. The highest BCUT2D eigenvalue weighted by atomic mass is 16.2. The van der Waals surface area contributed by atoms with E-state index in [1.807, 2.05) is 24.3 Å². The molecule has 2 saturated heterocycles. The molecule has 0 bridgehead atoms. The topological polar surface area (TPSA) is 98.8 Å². The highest BCUT2D eigenvalue weighted by Crippen LogP contribution is 2.36. The third-order valence-electron chi connectivity index (χ3n) is 7.11. The molecule has 0 aromatic heterocycles. The summed E-state index contributed by atoms with van der Waals surface area (Å²) in [5, 5.41) is 5.78. The quantitative estimate of drug-likeness (QED) is 0.745. The number of hydrogen-bond donors (Lipinski definition) is 2. The van der Waals surface area contributed by atoms with Gasteiger partial charge in [0, 0.05) is 0 Å². The monoisotopic (exact) mass is 410 g/mol. The van der Waals surface area contributed by atoms with Crippen LogP contribution in [0, 0.1) is 0 Å². The van der Waals surface area contributed by atoms with Crippen LogP contribution in [0.5, 0.6) is 0 Å². The van der Waals surface area contributed by atoms with E-state index in [4.69, 9.17) is 0 Å². The van der Waals surface area contributed by atoms with Gasteiger partial charge < -0.3 is 10.6 Å². The molecule has 1 aromatic rings. The van der Waals surface area contributed by atoms with Crippen LogP contribution in [-0.4, -0.2) is 44.8 Å². The predicted molar refractivity (Wildman–Crippen MR) is 107 cm³/mol. The molecule has 6 amide bonds. The molecule has 4 aliphatic rings. The fraction of sp³-hybridized carbons (Fsp3) is 0.545. The largest absolute Gasteiger partial charge is 0.325 e. The summed E-state index contributed by atoms with van der Waals surface area (Å²) in [5.74, 6) is -0.259. The Morgan fingerprint density at radius 1 is 0.633 bits per heavy atom. The molecular weight excluding hydrogens is 384 g/mol. The second-order valence-electron chi connectivity index (χ2n) is 9.04. The summed E-state index contributed by atoms with van der Waals surface area (Å²) < 4.78 is 0. The Hall–Kier alpha value is -2.90. The van der Waals surface area contributed by atoms with Gasteiger partial charge in [0.05, 0.1) is 13.1 Å². The summed E-state index contributed by atoms with van der Waals surface area (Å²) in [5.41, 5.74) is 0.274. The van der Waals surface area contributed by atoms with Gasteiger partial charge in [0.2, 0.25) is 0 Å². The normalized spacial score (nSPS) is 24.4. The molecular formula is C22H26N4O4. The number of amides is 6. The van der Waals surface area contributed by atoms with Gasteiger partial charge in [-0.3, -0.25) is 19.4 Å². The zero-order valence-corrected chi connectivity index (χ0v) is 16.9. The molecule has 8 heteroatoms. The van der Waals surface area contributed by atoms with Gasteiger partial charge >= 0.3 is 12.1 Å². The van der Waals surface area contributed by atoms with Crippen LogP contribution in [0.2, 0.25) is 0 Å².